The van der Waals surface area contributed by atoms with Gasteiger partial charge in [-0.3, -0.25) is 4.79 Å². The van der Waals surface area contributed by atoms with Crippen LogP contribution in [0.5, 0.6) is 0 Å². The monoisotopic (exact) mass is 287 g/mol. The molecule has 2 rings (SSSR count). The van der Waals surface area contributed by atoms with Gasteiger partial charge in [0.05, 0.1) is 5.75 Å². The first-order chi connectivity index (χ1) is 8.63. The molecule has 2 aromatic rings. The van der Waals surface area contributed by atoms with Gasteiger partial charge in [-0.25, -0.2) is 8.78 Å². The third kappa shape index (κ3) is 3.74. The summed E-state index contributed by atoms with van der Waals surface area (Å²) in [5.74, 6) is -1.72. The Bertz CT molecular complexity index is 528. The quantitative estimate of drug-likeness (QED) is 0.878. The molecule has 0 unspecified atom stereocenters. The van der Waals surface area contributed by atoms with Crippen molar-refractivity contribution in [3.05, 3.63) is 35.3 Å². The summed E-state index contributed by atoms with van der Waals surface area (Å²) in [6.45, 7) is 0. The minimum atomic E-state index is -0.734. The first-order valence-corrected chi connectivity index (χ1v) is 6.65. The number of nitrogens with zero attached hydrogens (tertiary/aromatic N) is 2. The predicted octanol–water partition coefficient (Wildman–Crippen LogP) is 2.55. The zero-order valence-corrected chi connectivity index (χ0v) is 10.5. The Morgan fingerprint density at radius 3 is 2.67 bits per heavy atom. The Hall–Kier alpha value is -1.54. The SMILES string of the molecule is O=C(CSc1nncs1)Nc1cc(F)cc(F)c1. The highest BCUT2D eigenvalue weighted by Crippen LogP contribution is 2.19. The van der Waals surface area contributed by atoms with Crippen LogP contribution in [0.15, 0.2) is 28.0 Å². The van der Waals surface area contributed by atoms with Crippen molar-refractivity contribution in [1.82, 2.24) is 10.2 Å². The van der Waals surface area contributed by atoms with E-state index in [0.717, 1.165) is 18.2 Å². The molecule has 4 nitrogen and oxygen atoms in total. The van der Waals surface area contributed by atoms with Gasteiger partial charge >= 0.3 is 0 Å². The van der Waals surface area contributed by atoms with E-state index in [1.165, 1.54) is 23.1 Å². The maximum Gasteiger partial charge on any atom is 0.234 e. The van der Waals surface area contributed by atoms with Gasteiger partial charge in [-0.1, -0.05) is 23.1 Å². The number of hydrogen-bond donors (Lipinski definition) is 1. The maximum absolute atomic E-state index is 12.9. The Morgan fingerprint density at radius 1 is 1.33 bits per heavy atom. The number of anilines is 1. The Morgan fingerprint density at radius 2 is 2.06 bits per heavy atom. The number of thioether (sulfide) groups is 1. The molecular weight excluding hydrogens is 280 g/mol. The van der Waals surface area contributed by atoms with Gasteiger partial charge in [0.25, 0.3) is 0 Å². The molecule has 1 heterocycles. The largest absolute Gasteiger partial charge is 0.325 e. The van der Waals surface area contributed by atoms with E-state index < -0.39 is 11.6 Å². The van der Waals surface area contributed by atoms with Crippen LogP contribution in [0.3, 0.4) is 0 Å². The minimum Gasteiger partial charge on any atom is -0.325 e. The van der Waals surface area contributed by atoms with Crippen LogP contribution in [0.4, 0.5) is 14.5 Å². The summed E-state index contributed by atoms with van der Waals surface area (Å²) >= 11 is 2.53. The van der Waals surface area contributed by atoms with Crippen LogP contribution in [0, 0.1) is 11.6 Å². The molecule has 0 aliphatic rings. The maximum atomic E-state index is 12.9. The van der Waals surface area contributed by atoms with Gasteiger partial charge in [0, 0.05) is 11.8 Å². The molecule has 0 fully saturated rings. The number of amides is 1. The summed E-state index contributed by atoms with van der Waals surface area (Å²) in [6.07, 6.45) is 0. The highest BCUT2D eigenvalue weighted by molar-refractivity contribution is 8.01. The van der Waals surface area contributed by atoms with E-state index in [4.69, 9.17) is 0 Å². The highest BCUT2D eigenvalue weighted by atomic mass is 32.2. The lowest BCUT2D eigenvalue weighted by Gasteiger charge is -2.04. The molecule has 18 heavy (non-hydrogen) atoms. The van der Waals surface area contributed by atoms with Crippen LogP contribution in [-0.2, 0) is 4.79 Å². The second-order valence-corrected chi connectivity index (χ2v) is 5.26. The smallest absolute Gasteiger partial charge is 0.234 e. The number of carbonyl (C=O) groups excluding carboxylic acids is 1. The molecule has 0 saturated heterocycles. The van der Waals surface area contributed by atoms with Crippen molar-refractivity contribution in [3.63, 3.8) is 0 Å². The molecule has 0 bridgehead atoms. The minimum absolute atomic E-state index is 0.0929. The van der Waals surface area contributed by atoms with E-state index in [-0.39, 0.29) is 17.3 Å². The summed E-state index contributed by atoms with van der Waals surface area (Å²) in [5.41, 5.74) is 1.65. The third-order valence-corrected chi connectivity index (χ3v) is 3.67. The molecule has 1 N–H and O–H groups in total. The zero-order chi connectivity index (χ0) is 13.0. The second-order valence-electron chi connectivity index (χ2n) is 3.20. The van der Waals surface area contributed by atoms with E-state index in [1.807, 2.05) is 0 Å². The van der Waals surface area contributed by atoms with Gasteiger partial charge in [0.2, 0.25) is 5.91 Å². The van der Waals surface area contributed by atoms with Crippen molar-refractivity contribution in [2.75, 3.05) is 11.1 Å². The fraction of sp³-hybridized carbons (Fsp3) is 0.100. The van der Waals surface area contributed by atoms with E-state index in [0.29, 0.717) is 4.34 Å². The van der Waals surface area contributed by atoms with E-state index in [2.05, 4.69) is 15.5 Å². The number of rotatable bonds is 4. The molecule has 0 radical (unpaired) electrons. The van der Waals surface area contributed by atoms with Crippen LogP contribution in [0.1, 0.15) is 0 Å². The highest BCUT2D eigenvalue weighted by Gasteiger charge is 2.07. The fourth-order valence-corrected chi connectivity index (χ4v) is 2.46. The normalized spacial score (nSPS) is 10.3. The summed E-state index contributed by atoms with van der Waals surface area (Å²) in [7, 11) is 0. The Labute approximate surface area is 109 Å². The Balaban J connectivity index is 1.90. The molecule has 0 spiro atoms. The molecule has 8 heteroatoms. The van der Waals surface area contributed by atoms with Crippen molar-refractivity contribution in [2.24, 2.45) is 0 Å². The summed E-state index contributed by atoms with van der Waals surface area (Å²) < 4.78 is 26.4. The summed E-state index contributed by atoms with van der Waals surface area (Å²) in [5, 5.41) is 9.78. The molecule has 0 atom stereocenters. The average Bonchev–Trinajstić information content (AvgIpc) is 2.77. The lowest BCUT2D eigenvalue weighted by molar-refractivity contribution is -0.113. The number of benzene rings is 1. The van der Waals surface area contributed by atoms with Crippen LogP contribution >= 0.6 is 23.1 Å². The van der Waals surface area contributed by atoms with Crippen molar-refractivity contribution >= 4 is 34.7 Å². The van der Waals surface area contributed by atoms with E-state index in [9.17, 15) is 13.6 Å². The zero-order valence-electron chi connectivity index (χ0n) is 8.89. The van der Waals surface area contributed by atoms with E-state index in [1.54, 1.807) is 5.51 Å². The first-order valence-electron chi connectivity index (χ1n) is 4.78. The molecule has 1 aromatic heterocycles. The molecule has 1 amide bonds. The molecule has 0 aliphatic carbocycles. The first kappa shape index (κ1) is 12.9. The number of carbonyl (C=O) groups is 1. The topological polar surface area (TPSA) is 54.9 Å². The van der Waals surface area contributed by atoms with Crippen molar-refractivity contribution in [2.45, 2.75) is 4.34 Å². The van der Waals surface area contributed by atoms with Gasteiger partial charge in [-0.2, -0.15) is 0 Å². The van der Waals surface area contributed by atoms with Gasteiger partial charge in [0.15, 0.2) is 4.34 Å². The molecule has 1 aromatic carbocycles. The molecule has 94 valence electrons. The van der Waals surface area contributed by atoms with Crippen LogP contribution in [-0.4, -0.2) is 21.9 Å². The number of nitrogens with one attached hydrogen (secondary N) is 1. The second kappa shape index (κ2) is 5.87. The van der Waals surface area contributed by atoms with Crippen molar-refractivity contribution in [3.8, 4) is 0 Å². The van der Waals surface area contributed by atoms with Crippen LogP contribution in [0.25, 0.3) is 0 Å². The van der Waals surface area contributed by atoms with E-state index >= 15 is 0 Å². The van der Waals surface area contributed by atoms with Gasteiger partial charge < -0.3 is 5.32 Å². The number of aromatic nitrogens is 2. The standard InChI is InChI=1S/C10H7F2N3OS2/c11-6-1-7(12)3-8(2-6)14-9(16)4-17-10-15-13-5-18-10/h1-3,5H,4H2,(H,14,16). The van der Waals surface area contributed by atoms with Gasteiger partial charge in [-0.15, -0.1) is 10.2 Å². The average molecular weight is 287 g/mol. The molecule has 0 saturated carbocycles. The molecular formula is C10H7F2N3OS2. The number of halogens is 2. The lowest BCUT2D eigenvalue weighted by atomic mass is 10.3. The van der Waals surface area contributed by atoms with Crippen molar-refractivity contribution in [1.29, 1.82) is 0 Å². The van der Waals surface area contributed by atoms with Crippen LogP contribution < -0.4 is 5.32 Å². The van der Waals surface area contributed by atoms with Gasteiger partial charge in [0.1, 0.15) is 17.1 Å². The lowest BCUT2D eigenvalue weighted by Crippen LogP contribution is -2.14. The summed E-state index contributed by atoms with van der Waals surface area (Å²) in [6, 6.07) is 2.85. The summed E-state index contributed by atoms with van der Waals surface area (Å²) in [4.78, 5) is 11.5. The van der Waals surface area contributed by atoms with Crippen LogP contribution in [0.2, 0.25) is 0 Å². The number of hydrogen-bond acceptors (Lipinski definition) is 5. The third-order valence-electron chi connectivity index (χ3n) is 1.81. The Kier molecular flexibility index (Phi) is 4.21. The molecule has 0 aliphatic heterocycles. The van der Waals surface area contributed by atoms with Crippen molar-refractivity contribution < 1.29 is 13.6 Å². The fourth-order valence-electron chi connectivity index (χ4n) is 1.18. The van der Waals surface area contributed by atoms with Gasteiger partial charge in [-0.05, 0) is 12.1 Å². The predicted molar refractivity (Wildman–Crippen MR) is 65.6 cm³/mol.